The molecule has 0 aromatic carbocycles. The number of thiophene rings is 1. The summed E-state index contributed by atoms with van der Waals surface area (Å²) in [7, 11) is 0. The Kier molecular flexibility index (Phi) is 3.48. The van der Waals surface area contributed by atoms with Crippen molar-refractivity contribution in [1.29, 1.82) is 0 Å². The van der Waals surface area contributed by atoms with Crippen molar-refractivity contribution < 1.29 is 4.79 Å². The molecule has 5 nitrogen and oxygen atoms in total. The fraction of sp³-hybridized carbons (Fsp3) is 0.562. The molecule has 2 aromatic rings. The predicted molar refractivity (Wildman–Crippen MR) is 88.3 cm³/mol. The van der Waals surface area contributed by atoms with E-state index in [0.29, 0.717) is 6.04 Å². The zero-order chi connectivity index (χ0) is 15.1. The molecule has 0 unspecified atom stereocenters. The van der Waals surface area contributed by atoms with Gasteiger partial charge in [-0.15, -0.1) is 11.3 Å². The van der Waals surface area contributed by atoms with Gasteiger partial charge in [-0.2, -0.15) is 0 Å². The topological polar surface area (TPSA) is 66.9 Å². The Bertz CT molecular complexity index is 722. The van der Waals surface area contributed by atoms with Gasteiger partial charge < -0.3 is 10.6 Å². The van der Waals surface area contributed by atoms with Crippen LogP contribution in [0.3, 0.4) is 0 Å². The van der Waals surface area contributed by atoms with Crippen LogP contribution in [0.1, 0.15) is 36.6 Å². The lowest BCUT2D eigenvalue weighted by Gasteiger charge is -2.18. The molecule has 0 bridgehead atoms. The molecular weight excluding hydrogens is 296 g/mol. The first-order chi connectivity index (χ1) is 10.7. The summed E-state index contributed by atoms with van der Waals surface area (Å²) in [6.07, 6.45) is 7.26. The lowest BCUT2D eigenvalue weighted by molar-refractivity contribution is -0.119. The third kappa shape index (κ3) is 2.67. The molecule has 22 heavy (non-hydrogen) atoms. The largest absolute Gasteiger partial charge is 0.360 e. The smallest absolute Gasteiger partial charge is 0.239 e. The molecule has 2 aliphatic carbocycles. The van der Waals surface area contributed by atoms with Gasteiger partial charge in [0, 0.05) is 10.9 Å². The van der Waals surface area contributed by atoms with Crippen molar-refractivity contribution in [3.8, 4) is 0 Å². The molecule has 6 heteroatoms. The monoisotopic (exact) mass is 316 g/mol. The molecule has 0 saturated heterocycles. The van der Waals surface area contributed by atoms with Crippen molar-refractivity contribution in [3.63, 3.8) is 0 Å². The van der Waals surface area contributed by atoms with E-state index in [4.69, 9.17) is 0 Å². The van der Waals surface area contributed by atoms with Crippen LogP contribution in [-0.2, 0) is 17.6 Å². The number of carbonyl (C=O) groups excluding carboxylic acids is 1. The number of aryl methyl sites for hydroxylation is 1. The summed E-state index contributed by atoms with van der Waals surface area (Å²) in [5.74, 6) is 1.60. The standard InChI is InChI=1S/C16H20N4OS/c1-9-2-5-11-12(6-9)22-16-14(11)15(18-8-19-16)17-7-13(21)20-10-3-4-10/h8-10H,2-7H2,1H3,(H,20,21)(H,17,18,19)/t9-/m0/s1. The molecule has 1 saturated carbocycles. The summed E-state index contributed by atoms with van der Waals surface area (Å²) in [5, 5.41) is 7.34. The molecule has 2 aromatic heterocycles. The number of rotatable bonds is 4. The molecule has 116 valence electrons. The third-order valence-electron chi connectivity index (χ3n) is 4.45. The van der Waals surface area contributed by atoms with Crippen molar-refractivity contribution >= 4 is 33.3 Å². The summed E-state index contributed by atoms with van der Waals surface area (Å²) in [4.78, 5) is 23.1. The van der Waals surface area contributed by atoms with Crippen LogP contribution in [0.15, 0.2) is 6.33 Å². The fourth-order valence-corrected chi connectivity index (χ4v) is 4.43. The van der Waals surface area contributed by atoms with Crippen LogP contribution in [0.25, 0.3) is 10.2 Å². The molecule has 1 atom stereocenters. The van der Waals surface area contributed by atoms with E-state index in [-0.39, 0.29) is 12.5 Å². The zero-order valence-corrected chi connectivity index (χ0v) is 13.5. The maximum Gasteiger partial charge on any atom is 0.239 e. The van der Waals surface area contributed by atoms with E-state index >= 15 is 0 Å². The molecule has 2 aliphatic rings. The van der Waals surface area contributed by atoms with Crippen LogP contribution in [-0.4, -0.2) is 28.5 Å². The van der Waals surface area contributed by atoms with E-state index in [1.165, 1.54) is 16.9 Å². The van der Waals surface area contributed by atoms with Crippen LogP contribution in [0.2, 0.25) is 0 Å². The molecule has 0 aliphatic heterocycles. The van der Waals surface area contributed by atoms with Crippen LogP contribution in [0.5, 0.6) is 0 Å². The Morgan fingerprint density at radius 2 is 2.23 bits per heavy atom. The quantitative estimate of drug-likeness (QED) is 0.909. The van der Waals surface area contributed by atoms with Gasteiger partial charge in [-0.25, -0.2) is 9.97 Å². The second-order valence-electron chi connectivity index (χ2n) is 6.45. The minimum Gasteiger partial charge on any atom is -0.360 e. The maximum absolute atomic E-state index is 11.9. The Hall–Kier alpha value is -1.69. The molecule has 4 rings (SSSR count). The van der Waals surface area contributed by atoms with E-state index in [1.54, 1.807) is 17.7 Å². The Labute approximate surface area is 133 Å². The van der Waals surface area contributed by atoms with E-state index in [0.717, 1.165) is 47.6 Å². The van der Waals surface area contributed by atoms with Gasteiger partial charge in [-0.3, -0.25) is 4.79 Å². The Balaban J connectivity index is 1.58. The van der Waals surface area contributed by atoms with Gasteiger partial charge in [-0.05, 0) is 43.6 Å². The average molecular weight is 316 g/mol. The van der Waals surface area contributed by atoms with Crippen LogP contribution in [0.4, 0.5) is 5.82 Å². The van der Waals surface area contributed by atoms with E-state index < -0.39 is 0 Å². The van der Waals surface area contributed by atoms with Crippen molar-refractivity contribution in [2.45, 2.75) is 45.1 Å². The predicted octanol–water partition coefficient (Wildman–Crippen LogP) is 2.51. The third-order valence-corrected chi connectivity index (χ3v) is 5.61. The SMILES string of the molecule is C[C@H]1CCc2c(sc3ncnc(NCC(=O)NC4CC4)c23)C1. The highest BCUT2D eigenvalue weighted by molar-refractivity contribution is 7.19. The highest BCUT2D eigenvalue weighted by Crippen LogP contribution is 2.39. The molecule has 2 heterocycles. The van der Waals surface area contributed by atoms with Gasteiger partial charge in [0.1, 0.15) is 17.0 Å². The normalized spacial score (nSPS) is 20.7. The maximum atomic E-state index is 11.9. The highest BCUT2D eigenvalue weighted by Gasteiger charge is 2.24. The fourth-order valence-electron chi connectivity index (χ4n) is 3.08. The molecule has 1 fully saturated rings. The van der Waals surface area contributed by atoms with E-state index in [2.05, 4.69) is 27.5 Å². The first kappa shape index (κ1) is 13.9. The van der Waals surface area contributed by atoms with Gasteiger partial charge in [-0.1, -0.05) is 6.92 Å². The summed E-state index contributed by atoms with van der Waals surface area (Å²) < 4.78 is 0. The average Bonchev–Trinajstić information content (AvgIpc) is 3.23. The number of nitrogens with zero attached hydrogens (tertiary/aromatic N) is 2. The molecular formula is C16H20N4OS. The Morgan fingerprint density at radius 3 is 3.05 bits per heavy atom. The number of anilines is 1. The lowest BCUT2D eigenvalue weighted by atomic mass is 9.89. The van der Waals surface area contributed by atoms with Crippen LogP contribution in [0, 0.1) is 5.92 Å². The van der Waals surface area contributed by atoms with Crippen molar-refractivity contribution in [1.82, 2.24) is 15.3 Å². The van der Waals surface area contributed by atoms with Crippen LogP contribution >= 0.6 is 11.3 Å². The number of hydrogen-bond donors (Lipinski definition) is 2. The van der Waals surface area contributed by atoms with Crippen LogP contribution < -0.4 is 10.6 Å². The summed E-state index contributed by atoms with van der Waals surface area (Å²) in [6, 6.07) is 0.398. The second kappa shape index (κ2) is 5.50. The molecule has 0 radical (unpaired) electrons. The van der Waals surface area contributed by atoms with Gasteiger partial charge in [0.15, 0.2) is 0 Å². The zero-order valence-electron chi connectivity index (χ0n) is 12.7. The number of carbonyl (C=O) groups is 1. The Morgan fingerprint density at radius 1 is 1.36 bits per heavy atom. The lowest BCUT2D eigenvalue weighted by Crippen LogP contribution is -2.31. The molecule has 2 N–H and O–H groups in total. The molecule has 1 amide bonds. The van der Waals surface area contributed by atoms with Gasteiger partial charge >= 0.3 is 0 Å². The number of aromatic nitrogens is 2. The highest BCUT2D eigenvalue weighted by atomic mass is 32.1. The number of hydrogen-bond acceptors (Lipinski definition) is 5. The minimum absolute atomic E-state index is 0.0481. The van der Waals surface area contributed by atoms with Crippen molar-refractivity contribution in [2.24, 2.45) is 5.92 Å². The van der Waals surface area contributed by atoms with Gasteiger partial charge in [0.25, 0.3) is 0 Å². The van der Waals surface area contributed by atoms with E-state index in [9.17, 15) is 4.79 Å². The van der Waals surface area contributed by atoms with E-state index in [1.807, 2.05) is 0 Å². The molecule has 0 spiro atoms. The van der Waals surface area contributed by atoms with Crippen molar-refractivity contribution in [2.75, 3.05) is 11.9 Å². The van der Waals surface area contributed by atoms with Gasteiger partial charge in [0.2, 0.25) is 5.91 Å². The first-order valence-electron chi connectivity index (χ1n) is 7.99. The number of fused-ring (bicyclic) bond motifs is 3. The summed E-state index contributed by atoms with van der Waals surface area (Å²) in [6.45, 7) is 2.59. The summed E-state index contributed by atoms with van der Waals surface area (Å²) in [5.41, 5.74) is 1.39. The number of nitrogens with one attached hydrogen (secondary N) is 2. The second-order valence-corrected chi connectivity index (χ2v) is 7.53. The van der Waals surface area contributed by atoms with Crippen molar-refractivity contribution in [3.05, 3.63) is 16.8 Å². The first-order valence-corrected chi connectivity index (χ1v) is 8.81. The van der Waals surface area contributed by atoms with Gasteiger partial charge in [0.05, 0.1) is 11.9 Å². The minimum atomic E-state index is 0.0481. The summed E-state index contributed by atoms with van der Waals surface area (Å²) >= 11 is 1.78. The number of amides is 1.